The molecule has 1 heterocycles. The van der Waals surface area contributed by atoms with Crippen molar-refractivity contribution in [3.8, 4) is 12.3 Å². The van der Waals surface area contributed by atoms with E-state index < -0.39 is 0 Å². The minimum Gasteiger partial charge on any atom is -0.242 e. The Hall–Kier alpha value is -0.520. The zero-order chi connectivity index (χ0) is 7.56. The van der Waals surface area contributed by atoms with E-state index in [1.807, 2.05) is 0 Å². The predicted octanol–water partition coefficient (Wildman–Crippen LogP) is 2.48. The maximum Gasteiger partial charge on any atom is 0.144 e. The van der Waals surface area contributed by atoms with Crippen molar-refractivity contribution in [2.75, 3.05) is 0 Å². The van der Waals surface area contributed by atoms with Gasteiger partial charge in [0.15, 0.2) is 0 Å². The first-order valence-electron chi connectivity index (χ1n) is 2.51. The van der Waals surface area contributed by atoms with E-state index in [-0.39, 0.29) is 0 Å². The highest BCUT2D eigenvalue weighted by Gasteiger charge is 1.97. The highest BCUT2D eigenvalue weighted by atomic mass is 79.9. The average molecular weight is 216 g/mol. The Morgan fingerprint density at radius 2 is 2.40 bits per heavy atom. The lowest BCUT2D eigenvalue weighted by atomic mass is 10.3. The Morgan fingerprint density at radius 3 is 2.90 bits per heavy atom. The third kappa shape index (κ3) is 1.50. The molecule has 0 atom stereocenters. The van der Waals surface area contributed by atoms with Crippen molar-refractivity contribution in [1.82, 2.24) is 4.98 Å². The maximum absolute atomic E-state index is 5.62. The zero-order valence-electron chi connectivity index (χ0n) is 4.94. The lowest BCUT2D eigenvalue weighted by Crippen LogP contribution is -1.80. The third-order valence-corrected chi connectivity index (χ3v) is 1.70. The van der Waals surface area contributed by atoms with Crippen molar-refractivity contribution in [2.45, 2.75) is 0 Å². The van der Waals surface area contributed by atoms with Crippen LogP contribution >= 0.6 is 27.5 Å². The minimum atomic E-state index is 0.366. The molecule has 1 aromatic rings. The summed E-state index contributed by atoms with van der Waals surface area (Å²) in [5.74, 6) is 2.41. The van der Waals surface area contributed by atoms with Crippen molar-refractivity contribution < 1.29 is 0 Å². The van der Waals surface area contributed by atoms with Crippen LogP contribution in [0.3, 0.4) is 0 Å². The van der Waals surface area contributed by atoms with Crippen molar-refractivity contribution in [3.63, 3.8) is 0 Å². The Labute approximate surface area is 72.6 Å². The summed E-state index contributed by atoms with van der Waals surface area (Å²) >= 11 is 8.84. The molecule has 10 heavy (non-hydrogen) atoms. The van der Waals surface area contributed by atoms with E-state index >= 15 is 0 Å². The molecule has 1 rings (SSSR count). The van der Waals surface area contributed by atoms with Crippen LogP contribution < -0.4 is 0 Å². The Balaban J connectivity index is 3.25. The molecule has 0 fully saturated rings. The summed E-state index contributed by atoms with van der Waals surface area (Å²) in [5.41, 5.74) is 0.607. The molecule has 0 aliphatic heterocycles. The van der Waals surface area contributed by atoms with Gasteiger partial charge in [-0.25, -0.2) is 4.98 Å². The summed E-state index contributed by atoms with van der Waals surface area (Å²) < 4.78 is 0.838. The summed E-state index contributed by atoms with van der Waals surface area (Å²) in [5, 5.41) is 0.366. The third-order valence-electron chi connectivity index (χ3n) is 0.961. The van der Waals surface area contributed by atoms with Crippen molar-refractivity contribution in [1.29, 1.82) is 0 Å². The van der Waals surface area contributed by atoms with Crippen LogP contribution in [-0.2, 0) is 0 Å². The lowest BCUT2D eigenvalue weighted by Gasteiger charge is -1.93. The number of hydrogen-bond acceptors (Lipinski definition) is 1. The summed E-state index contributed by atoms with van der Waals surface area (Å²) in [6, 6.07) is 1.75. The van der Waals surface area contributed by atoms with Gasteiger partial charge in [0.2, 0.25) is 0 Å². The van der Waals surface area contributed by atoms with E-state index in [1.54, 1.807) is 12.3 Å². The quantitative estimate of drug-likeness (QED) is 0.480. The number of aromatic nitrogens is 1. The largest absolute Gasteiger partial charge is 0.242 e. The molecule has 3 heteroatoms. The molecule has 0 saturated carbocycles. The molecule has 0 unspecified atom stereocenters. The van der Waals surface area contributed by atoms with Crippen LogP contribution in [0.2, 0.25) is 5.15 Å². The minimum absolute atomic E-state index is 0.366. The van der Waals surface area contributed by atoms with Crippen LogP contribution in [-0.4, -0.2) is 4.98 Å². The van der Waals surface area contributed by atoms with Crippen molar-refractivity contribution in [2.24, 2.45) is 0 Å². The van der Waals surface area contributed by atoms with Gasteiger partial charge in [0.05, 0.1) is 5.56 Å². The van der Waals surface area contributed by atoms with Crippen molar-refractivity contribution >= 4 is 27.5 Å². The summed E-state index contributed by atoms with van der Waals surface area (Å²) in [4.78, 5) is 3.83. The molecule has 0 spiro atoms. The van der Waals surface area contributed by atoms with E-state index in [2.05, 4.69) is 26.8 Å². The van der Waals surface area contributed by atoms with E-state index in [1.165, 1.54) is 0 Å². The van der Waals surface area contributed by atoms with Crippen molar-refractivity contribution in [3.05, 3.63) is 27.5 Å². The molecule has 0 aliphatic rings. The van der Waals surface area contributed by atoms with Gasteiger partial charge < -0.3 is 0 Å². The zero-order valence-corrected chi connectivity index (χ0v) is 7.28. The summed E-state index contributed by atoms with van der Waals surface area (Å²) in [7, 11) is 0. The normalized spacial score (nSPS) is 8.90. The van der Waals surface area contributed by atoms with Gasteiger partial charge >= 0.3 is 0 Å². The van der Waals surface area contributed by atoms with Crippen LogP contribution in [0.4, 0.5) is 0 Å². The van der Waals surface area contributed by atoms with Gasteiger partial charge in [-0.1, -0.05) is 17.5 Å². The first-order chi connectivity index (χ1) is 4.74. The number of hydrogen-bond donors (Lipinski definition) is 0. The van der Waals surface area contributed by atoms with Crippen LogP contribution in [0.25, 0.3) is 0 Å². The SMILES string of the molecule is C#Cc1cc(Br)cnc1Cl. The lowest BCUT2D eigenvalue weighted by molar-refractivity contribution is 1.29. The van der Waals surface area contributed by atoms with E-state index in [4.69, 9.17) is 18.0 Å². The molecule has 0 aliphatic carbocycles. The van der Waals surface area contributed by atoms with Gasteiger partial charge in [-0.05, 0) is 22.0 Å². The van der Waals surface area contributed by atoms with E-state index in [0.29, 0.717) is 10.7 Å². The predicted molar refractivity (Wildman–Crippen MR) is 44.9 cm³/mol. The van der Waals surface area contributed by atoms with Gasteiger partial charge in [-0.15, -0.1) is 6.42 Å². The van der Waals surface area contributed by atoms with Gasteiger partial charge in [-0.2, -0.15) is 0 Å². The monoisotopic (exact) mass is 215 g/mol. The first-order valence-corrected chi connectivity index (χ1v) is 3.69. The van der Waals surface area contributed by atoms with Gasteiger partial charge in [0, 0.05) is 10.7 Å². The molecule has 1 aromatic heterocycles. The molecule has 0 saturated heterocycles. The Kier molecular flexibility index (Phi) is 2.31. The van der Waals surface area contributed by atoms with E-state index in [9.17, 15) is 0 Å². The second-order valence-corrected chi connectivity index (χ2v) is 2.91. The Morgan fingerprint density at radius 1 is 1.70 bits per heavy atom. The van der Waals surface area contributed by atoms with Crippen LogP contribution in [0.1, 0.15) is 5.56 Å². The first kappa shape index (κ1) is 7.59. The van der Waals surface area contributed by atoms with Gasteiger partial charge in [-0.3, -0.25) is 0 Å². The number of pyridine rings is 1. The number of terminal acetylenes is 1. The fraction of sp³-hybridized carbons (Fsp3) is 0. The molecule has 0 aromatic carbocycles. The highest BCUT2D eigenvalue weighted by molar-refractivity contribution is 9.10. The molecular formula is C7H3BrClN. The van der Waals surface area contributed by atoms with Crippen LogP contribution in [0, 0.1) is 12.3 Å². The molecule has 0 amide bonds. The second kappa shape index (κ2) is 3.05. The number of nitrogens with zero attached hydrogens (tertiary/aromatic N) is 1. The molecule has 1 nitrogen and oxygen atoms in total. The second-order valence-electron chi connectivity index (χ2n) is 1.64. The average Bonchev–Trinajstić information content (AvgIpc) is 1.94. The maximum atomic E-state index is 5.62. The van der Waals surface area contributed by atoms with Crippen LogP contribution in [0.15, 0.2) is 16.7 Å². The highest BCUT2D eigenvalue weighted by Crippen LogP contribution is 2.16. The number of halogens is 2. The van der Waals surface area contributed by atoms with Crippen LogP contribution in [0.5, 0.6) is 0 Å². The molecule has 0 bridgehead atoms. The topological polar surface area (TPSA) is 12.9 Å². The summed E-state index contributed by atoms with van der Waals surface area (Å²) in [6.07, 6.45) is 6.72. The number of rotatable bonds is 0. The standard InChI is InChI=1S/C7H3BrClN/c1-2-5-3-6(8)4-10-7(5)9/h1,3-4H. The molecular weight excluding hydrogens is 213 g/mol. The molecule has 0 radical (unpaired) electrons. The fourth-order valence-corrected chi connectivity index (χ4v) is 1.01. The summed E-state index contributed by atoms with van der Waals surface area (Å²) in [6.45, 7) is 0. The molecule has 50 valence electrons. The molecule has 0 N–H and O–H groups in total. The van der Waals surface area contributed by atoms with E-state index in [0.717, 1.165) is 4.47 Å². The van der Waals surface area contributed by atoms with Gasteiger partial charge in [0.1, 0.15) is 5.15 Å². The smallest absolute Gasteiger partial charge is 0.144 e. The fourth-order valence-electron chi connectivity index (χ4n) is 0.524. The van der Waals surface area contributed by atoms with Gasteiger partial charge in [0.25, 0.3) is 0 Å². The Bertz CT molecular complexity index is 290.